The van der Waals surface area contributed by atoms with E-state index in [-0.39, 0.29) is 10.8 Å². The first-order valence-corrected chi connectivity index (χ1v) is 15.1. The van der Waals surface area contributed by atoms with E-state index in [1.807, 2.05) is 29.2 Å². The number of hydrogen-bond acceptors (Lipinski definition) is 6. The number of rotatable bonds is 9. The Morgan fingerprint density at radius 1 is 0.925 bits per heavy atom. The zero-order valence-corrected chi connectivity index (χ0v) is 23.4. The molecule has 0 unspecified atom stereocenters. The van der Waals surface area contributed by atoms with Crippen LogP contribution in [0.5, 0.6) is 5.75 Å². The van der Waals surface area contributed by atoms with Crippen LogP contribution in [-0.2, 0) is 16.6 Å². The van der Waals surface area contributed by atoms with Crippen molar-refractivity contribution in [2.75, 3.05) is 37.5 Å². The van der Waals surface area contributed by atoms with E-state index in [4.69, 9.17) is 4.74 Å². The summed E-state index contributed by atoms with van der Waals surface area (Å²) in [6.45, 7) is 6.67. The number of nitrogens with zero attached hydrogens (tertiary/aromatic N) is 3. The molecule has 1 aliphatic rings. The lowest BCUT2D eigenvalue weighted by atomic mass is 10.2. The van der Waals surface area contributed by atoms with Gasteiger partial charge >= 0.3 is 0 Å². The molecule has 8 nitrogen and oxygen atoms in total. The summed E-state index contributed by atoms with van der Waals surface area (Å²) in [7, 11) is -3.86. The molecule has 1 N–H and O–H groups in total. The maximum absolute atomic E-state index is 13.3. The second kappa shape index (κ2) is 12.5. The van der Waals surface area contributed by atoms with E-state index >= 15 is 0 Å². The topological polar surface area (TPSA) is 91.8 Å². The molecule has 4 aromatic rings. The lowest BCUT2D eigenvalue weighted by Gasteiger charge is -2.22. The van der Waals surface area contributed by atoms with Gasteiger partial charge in [0.25, 0.3) is 15.9 Å². The molecule has 3 aromatic carbocycles. The number of ether oxygens (including phenoxy) is 1. The zero-order valence-electron chi connectivity index (χ0n) is 22.6. The second-order valence-electron chi connectivity index (χ2n) is 9.93. The largest absolute Gasteiger partial charge is 0.494 e. The molecular weight excluding hydrogens is 524 g/mol. The maximum atomic E-state index is 13.3. The Morgan fingerprint density at radius 3 is 2.48 bits per heavy atom. The average Bonchev–Trinajstić information content (AvgIpc) is 3.22. The van der Waals surface area contributed by atoms with E-state index in [1.54, 1.807) is 42.6 Å². The third kappa shape index (κ3) is 6.60. The van der Waals surface area contributed by atoms with Crippen LogP contribution in [0.2, 0.25) is 0 Å². The molecule has 0 radical (unpaired) electrons. The quantitative estimate of drug-likeness (QED) is 0.305. The van der Waals surface area contributed by atoms with Crippen LogP contribution < -0.4 is 9.46 Å². The van der Waals surface area contributed by atoms with Gasteiger partial charge in [-0.1, -0.05) is 37.3 Å². The monoisotopic (exact) mass is 558 g/mol. The summed E-state index contributed by atoms with van der Waals surface area (Å²) in [4.78, 5) is 21.9. The highest BCUT2D eigenvalue weighted by molar-refractivity contribution is 7.93. The third-order valence-electron chi connectivity index (χ3n) is 6.95. The fourth-order valence-electron chi connectivity index (χ4n) is 4.87. The first kappa shape index (κ1) is 27.6. The summed E-state index contributed by atoms with van der Waals surface area (Å²) in [5.74, 6) is 0.842. The molecule has 1 aliphatic heterocycles. The standard InChI is InChI=1S/C31H34N4O4S/c1-2-22-39-28-15-9-24(10-16-28)23-34-18-5-19-35(21-20-34)31(36)26-11-13-27(14-12-26)33-40(37,38)29-8-3-6-25-7-4-17-32-30(25)29/h3-4,6-17,33H,2,5,18-23H2,1H3. The molecule has 9 heteroatoms. The molecule has 2 heterocycles. The number of benzene rings is 3. The Balaban J connectivity index is 1.18. The smallest absolute Gasteiger partial charge is 0.264 e. The number of fused-ring (bicyclic) bond motifs is 1. The molecule has 208 valence electrons. The average molecular weight is 559 g/mol. The molecule has 40 heavy (non-hydrogen) atoms. The molecule has 0 bridgehead atoms. The number of nitrogens with one attached hydrogen (secondary N) is 1. The predicted octanol–water partition coefficient (Wildman–Crippen LogP) is 5.17. The van der Waals surface area contributed by atoms with Crippen LogP contribution >= 0.6 is 0 Å². The van der Waals surface area contributed by atoms with Crippen molar-refractivity contribution in [2.45, 2.75) is 31.2 Å². The van der Waals surface area contributed by atoms with Gasteiger partial charge in [0.2, 0.25) is 0 Å². The summed E-state index contributed by atoms with van der Waals surface area (Å²) in [5.41, 5.74) is 2.56. The highest BCUT2D eigenvalue weighted by Gasteiger charge is 2.22. The highest BCUT2D eigenvalue weighted by Crippen LogP contribution is 2.24. The molecule has 1 fully saturated rings. The van der Waals surface area contributed by atoms with E-state index < -0.39 is 10.0 Å². The number of aromatic nitrogens is 1. The molecule has 0 saturated carbocycles. The van der Waals surface area contributed by atoms with Crippen LogP contribution in [0.25, 0.3) is 10.9 Å². The van der Waals surface area contributed by atoms with Crippen LogP contribution in [0.1, 0.15) is 35.7 Å². The van der Waals surface area contributed by atoms with Crippen LogP contribution in [-0.4, -0.2) is 61.9 Å². The van der Waals surface area contributed by atoms with Crippen molar-refractivity contribution in [3.63, 3.8) is 0 Å². The minimum atomic E-state index is -3.86. The molecule has 0 atom stereocenters. The molecule has 1 saturated heterocycles. The maximum Gasteiger partial charge on any atom is 0.264 e. The summed E-state index contributed by atoms with van der Waals surface area (Å²) >= 11 is 0. The van der Waals surface area contributed by atoms with Gasteiger partial charge in [0.1, 0.15) is 10.6 Å². The number of amides is 1. The van der Waals surface area contributed by atoms with Gasteiger partial charge in [-0.2, -0.15) is 0 Å². The van der Waals surface area contributed by atoms with Crippen molar-refractivity contribution in [3.05, 3.63) is 96.2 Å². The zero-order chi connectivity index (χ0) is 28.0. The molecule has 0 aliphatic carbocycles. The summed E-state index contributed by atoms with van der Waals surface area (Å²) in [6, 6.07) is 23.5. The Labute approximate surface area is 235 Å². The van der Waals surface area contributed by atoms with Gasteiger partial charge in [-0.05, 0) is 66.9 Å². The number of hydrogen-bond donors (Lipinski definition) is 1. The number of sulfonamides is 1. The molecular formula is C31H34N4O4S. The number of para-hydroxylation sites is 1. The van der Waals surface area contributed by atoms with Crippen LogP contribution in [0.15, 0.2) is 90.0 Å². The molecule has 5 rings (SSSR count). The molecule has 0 spiro atoms. The van der Waals surface area contributed by atoms with Crippen molar-refractivity contribution >= 4 is 32.5 Å². The highest BCUT2D eigenvalue weighted by atomic mass is 32.2. The summed E-state index contributed by atoms with van der Waals surface area (Å²) in [6.07, 6.45) is 3.45. The van der Waals surface area contributed by atoms with E-state index in [1.165, 1.54) is 11.6 Å². The van der Waals surface area contributed by atoms with E-state index in [9.17, 15) is 13.2 Å². The predicted molar refractivity (Wildman–Crippen MR) is 157 cm³/mol. The van der Waals surface area contributed by atoms with Crippen molar-refractivity contribution in [2.24, 2.45) is 0 Å². The second-order valence-corrected chi connectivity index (χ2v) is 11.6. The van der Waals surface area contributed by atoms with Crippen LogP contribution in [0.3, 0.4) is 0 Å². The van der Waals surface area contributed by atoms with Gasteiger partial charge in [-0.3, -0.25) is 19.4 Å². The SMILES string of the molecule is CCCOc1ccc(CN2CCCN(C(=O)c3ccc(NS(=O)(=O)c4cccc5cccnc45)cc3)CC2)cc1. The Hall–Kier alpha value is -3.95. The van der Waals surface area contributed by atoms with Gasteiger partial charge in [0.05, 0.1) is 12.1 Å². The first-order chi connectivity index (χ1) is 19.4. The fraction of sp³-hybridized carbons (Fsp3) is 0.290. The van der Waals surface area contributed by atoms with Gasteiger partial charge in [-0.15, -0.1) is 0 Å². The fourth-order valence-corrected chi connectivity index (χ4v) is 6.11. The molecule has 1 aromatic heterocycles. The lowest BCUT2D eigenvalue weighted by Crippen LogP contribution is -2.35. The molecule has 1 amide bonds. The number of anilines is 1. The first-order valence-electron chi connectivity index (χ1n) is 13.6. The van der Waals surface area contributed by atoms with Crippen LogP contribution in [0.4, 0.5) is 5.69 Å². The van der Waals surface area contributed by atoms with Crippen molar-refractivity contribution < 1.29 is 17.9 Å². The number of carbonyl (C=O) groups excluding carboxylic acids is 1. The van der Waals surface area contributed by atoms with Gasteiger partial charge < -0.3 is 9.64 Å². The minimum Gasteiger partial charge on any atom is -0.494 e. The normalized spacial score (nSPS) is 14.6. The Kier molecular flexibility index (Phi) is 8.62. The van der Waals surface area contributed by atoms with Gasteiger partial charge in [-0.25, -0.2) is 8.42 Å². The lowest BCUT2D eigenvalue weighted by molar-refractivity contribution is 0.0761. The number of pyridine rings is 1. The van der Waals surface area contributed by atoms with E-state index in [0.29, 0.717) is 29.9 Å². The van der Waals surface area contributed by atoms with Crippen molar-refractivity contribution in [1.82, 2.24) is 14.8 Å². The van der Waals surface area contributed by atoms with Gasteiger partial charge in [0, 0.05) is 55.6 Å². The van der Waals surface area contributed by atoms with E-state index in [2.05, 4.69) is 33.7 Å². The Bertz CT molecular complexity index is 1550. The Morgan fingerprint density at radius 2 is 1.70 bits per heavy atom. The van der Waals surface area contributed by atoms with Gasteiger partial charge in [0.15, 0.2) is 0 Å². The summed E-state index contributed by atoms with van der Waals surface area (Å²) in [5, 5.41) is 0.747. The summed E-state index contributed by atoms with van der Waals surface area (Å²) < 4.78 is 34.5. The van der Waals surface area contributed by atoms with E-state index in [0.717, 1.165) is 50.2 Å². The third-order valence-corrected chi connectivity index (χ3v) is 8.36. The van der Waals surface area contributed by atoms with Crippen molar-refractivity contribution in [1.29, 1.82) is 0 Å². The number of carbonyl (C=O) groups is 1. The van der Waals surface area contributed by atoms with Crippen LogP contribution in [0, 0.1) is 0 Å². The minimum absolute atomic E-state index is 0.0491. The van der Waals surface area contributed by atoms with Crippen molar-refractivity contribution in [3.8, 4) is 5.75 Å².